The topological polar surface area (TPSA) is 81.2 Å². The van der Waals surface area contributed by atoms with Gasteiger partial charge in [-0.25, -0.2) is 0 Å². The summed E-state index contributed by atoms with van der Waals surface area (Å²) in [5.41, 5.74) is 8.65. The van der Waals surface area contributed by atoms with Crippen molar-refractivity contribution in [3.8, 4) is 0 Å². The SMILES string of the molecule is CC(C)c1cccc(C(C)C)c1NC(=O)c1coc(N)n1. The molecule has 112 valence electrons. The molecular weight excluding hydrogens is 266 g/mol. The number of nitrogens with one attached hydrogen (secondary N) is 1. The molecule has 0 aliphatic rings. The number of anilines is 2. The Hall–Kier alpha value is -2.30. The van der Waals surface area contributed by atoms with Gasteiger partial charge in [-0.2, -0.15) is 4.98 Å². The third-order valence-electron chi connectivity index (χ3n) is 3.37. The van der Waals surface area contributed by atoms with Crippen LogP contribution in [-0.2, 0) is 0 Å². The van der Waals surface area contributed by atoms with Gasteiger partial charge in [0.1, 0.15) is 6.26 Å². The Kier molecular flexibility index (Phi) is 4.31. The highest BCUT2D eigenvalue weighted by atomic mass is 16.4. The van der Waals surface area contributed by atoms with E-state index in [-0.39, 0.29) is 17.6 Å². The zero-order valence-corrected chi connectivity index (χ0v) is 12.8. The highest BCUT2D eigenvalue weighted by molar-refractivity contribution is 6.03. The summed E-state index contributed by atoms with van der Waals surface area (Å²) in [7, 11) is 0. The van der Waals surface area contributed by atoms with Gasteiger partial charge in [0.2, 0.25) is 0 Å². The number of aromatic nitrogens is 1. The molecule has 0 saturated carbocycles. The monoisotopic (exact) mass is 287 g/mol. The van der Waals surface area contributed by atoms with Crippen molar-refractivity contribution >= 4 is 17.6 Å². The third kappa shape index (κ3) is 3.24. The van der Waals surface area contributed by atoms with Crippen LogP contribution in [0.1, 0.15) is 61.1 Å². The minimum absolute atomic E-state index is 0.0126. The van der Waals surface area contributed by atoms with Gasteiger partial charge in [0, 0.05) is 5.69 Å². The van der Waals surface area contributed by atoms with E-state index in [1.54, 1.807) is 0 Å². The molecule has 3 N–H and O–H groups in total. The molecule has 0 spiro atoms. The maximum absolute atomic E-state index is 12.3. The van der Waals surface area contributed by atoms with Crippen molar-refractivity contribution < 1.29 is 9.21 Å². The molecule has 5 heteroatoms. The van der Waals surface area contributed by atoms with Crippen molar-refractivity contribution in [2.24, 2.45) is 0 Å². The number of hydrogen-bond acceptors (Lipinski definition) is 4. The number of carbonyl (C=O) groups is 1. The summed E-state index contributed by atoms with van der Waals surface area (Å²) < 4.78 is 4.88. The number of rotatable bonds is 4. The normalized spacial score (nSPS) is 11.1. The molecule has 0 aliphatic heterocycles. The van der Waals surface area contributed by atoms with E-state index < -0.39 is 0 Å². The Morgan fingerprint density at radius 2 is 1.76 bits per heavy atom. The second-order valence-corrected chi connectivity index (χ2v) is 5.65. The lowest BCUT2D eigenvalue weighted by Gasteiger charge is -2.19. The molecule has 1 aromatic heterocycles. The van der Waals surface area contributed by atoms with Crippen molar-refractivity contribution in [3.63, 3.8) is 0 Å². The van der Waals surface area contributed by atoms with Gasteiger partial charge in [-0.05, 0) is 23.0 Å². The Morgan fingerprint density at radius 1 is 1.19 bits per heavy atom. The van der Waals surface area contributed by atoms with Crippen LogP contribution in [0, 0.1) is 0 Å². The van der Waals surface area contributed by atoms with Crippen LogP contribution < -0.4 is 11.1 Å². The summed E-state index contributed by atoms with van der Waals surface area (Å²) in [6.45, 7) is 8.40. The van der Waals surface area contributed by atoms with Crippen LogP contribution in [0.2, 0.25) is 0 Å². The van der Waals surface area contributed by atoms with E-state index >= 15 is 0 Å². The maximum atomic E-state index is 12.3. The van der Waals surface area contributed by atoms with Gasteiger partial charge in [-0.15, -0.1) is 0 Å². The molecule has 2 rings (SSSR count). The predicted octanol–water partition coefficient (Wildman–Crippen LogP) is 3.76. The van der Waals surface area contributed by atoms with Crippen molar-refractivity contribution in [2.45, 2.75) is 39.5 Å². The fourth-order valence-electron chi connectivity index (χ4n) is 2.26. The average molecular weight is 287 g/mol. The van der Waals surface area contributed by atoms with Crippen LogP contribution in [-0.4, -0.2) is 10.9 Å². The molecule has 0 aliphatic carbocycles. The van der Waals surface area contributed by atoms with E-state index in [0.717, 1.165) is 16.8 Å². The number of hydrogen-bond donors (Lipinski definition) is 2. The Labute approximate surface area is 124 Å². The number of nitrogens with zero attached hydrogens (tertiary/aromatic N) is 1. The lowest BCUT2D eigenvalue weighted by atomic mass is 9.92. The van der Waals surface area contributed by atoms with Crippen LogP contribution in [0.15, 0.2) is 28.9 Å². The van der Waals surface area contributed by atoms with Crippen LogP contribution in [0.5, 0.6) is 0 Å². The van der Waals surface area contributed by atoms with Gasteiger partial charge >= 0.3 is 0 Å². The fraction of sp³-hybridized carbons (Fsp3) is 0.375. The molecule has 1 heterocycles. The average Bonchev–Trinajstić information content (AvgIpc) is 2.85. The molecule has 0 bridgehead atoms. The Bertz CT molecular complexity index is 618. The van der Waals surface area contributed by atoms with E-state index in [1.165, 1.54) is 6.26 Å². The summed E-state index contributed by atoms with van der Waals surface area (Å²) in [6, 6.07) is 6.07. The van der Waals surface area contributed by atoms with E-state index in [2.05, 4.69) is 38.0 Å². The highest BCUT2D eigenvalue weighted by Crippen LogP contribution is 2.32. The van der Waals surface area contributed by atoms with Gasteiger partial charge in [-0.3, -0.25) is 4.79 Å². The van der Waals surface area contributed by atoms with Crippen molar-refractivity contribution in [3.05, 3.63) is 41.3 Å². The smallest absolute Gasteiger partial charge is 0.292 e. The third-order valence-corrected chi connectivity index (χ3v) is 3.37. The lowest BCUT2D eigenvalue weighted by molar-refractivity contribution is 0.102. The zero-order valence-electron chi connectivity index (χ0n) is 12.8. The van der Waals surface area contributed by atoms with Crippen LogP contribution >= 0.6 is 0 Å². The van der Waals surface area contributed by atoms with Gasteiger partial charge in [0.15, 0.2) is 5.69 Å². The zero-order chi connectivity index (χ0) is 15.6. The van der Waals surface area contributed by atoms with E-state index in [1.807, 2.05) is 18.2 Å². The predicted molar refractivity (Wildman–Crippen MR) is 83.5 cm³/mol. The standard InChI is InChI=1S/C16H21N3O2/c1-9(2)11-6-5-7-12(10(3)4)14(11)19-15(20)13-8-21-16(17)18-13/h5-10H,1-4H3,(H2,17,18)(H,19,20). The van der Waals surface area contributed by atoms with Crippen molar-refractivity contribution in [1.82, 2.24) is 4.98 Å². The Morgan fingerprint density at radius 3 is 2.19 bits per heavy atom. The summed E-state index contributed by atoms with van der Waals surface area (Å²) >= 11 is 0. The number of carbonyl (C=O) groups excluding carboxylic acids is 1. The van der Waals surface area contributed by atoms with E-state index in [4.69, 9.17) is 10.2 Å². The number of nitrogen functional groups attached to an aromatic ring is 1. The van der Waals surface area contributed by atoms with E-state index in [9.17, 15) is 4.79 Å². The van der Waals surface area contributed by atoms with Crippen molar-refractivity contribution in [2.75, 3.05) is 11.1 Å². The maximum Gasteiger partial charge on any atom is 0.292 e. The van der Waals surface area contributed by atoms with Gasteiger partial charge in [0.05, 0.1) is 0 Å². The molecule has 1 amide bonds. The number of amides is 1. The van der Waals surface area contributed by atoms with Gasteiger partial charge < -0.3 is 15.5 Å². The minimum atomic E-state index is -0.314. The van der Waals surface area contributed by atoms with Crippen LogP contribution in [0.4, 0.5) is 11.7 Å². The summed E-state index contributed by atoms with van der Waals surface area (Å²) in [6.07, 6.45) is 1.26. The number of benzene rings is 1. The molecule has 1 aromatic carbocycles. The first-order valence-electron chi connectivity index (χ1n) is 7.05. The minimum Gasteiger partial charge on any atom is -0.431 e. The number of nitrogens with two attached hydrogens (primary N) is 1. The second-order valence-electron chi connectivity index (χ2n) is 5.65. The summed E-state index contributed by atoms with van der Waals surface area (Å²) in [4.78, 5) is 16.1. The molecular formula is C16H21N3O2. The molecule has 5 nitrogen and oxygen atoms in total. The first-order chi connectivity index (χ1) is 9.90. The lowest BCUT2D eigenvalue weighted by Crippen LogP contribution is -2.16. The molecule has 0 unspecified atom stereocenters. The van der Waals surface area contributed by atoms with Crippen LogP contribution in [0.3, 0.4) is 0 Å². The summed E-state index contributed by atoms with van der Waals surface area (Å²) in [5.74, 6) is 0.299. The van der Waals surface area contributed by atoms with Crippen molar-refractivity contribution in [1.29, 1.82) is 0 Å². The van der Waals surface area contributed by atoms with Gasteiger partial charge in [-0.1, -0.05) is 45.9 Å². The number of para-hydroxylation sites is 1. The molecule has 0 radical (unpaired) electrons. The Balaban J connectivity index is 2.39. The number of oxazole rings is 1. The van der Waals surface area contributed by atoms with E-state index in [0.29, 0.717) is 11.8 Å². The second kappa shape index (κ2) is 5.99. The fourth-order valence-corrected chi connectivity index (χ4v) is 2.26. The molecule has 2 aromatic rings. The molecule has 0 atom stereocenters. The molecule has 0 saturated heterocycles. The van der Waals surface area contributed by atoms with Gasteiger partial charge in [0.25, 0.3) is 11.9 Å². The quantitative estimate of drug-likeness (QED) is 0.897. The highest BCUT2D eigenvalue weighted by Gasteiger charge is 2.18. The first kappa shape index (κ1) is 15.1. The molecule has 21 heavy (non-hydrogen) atoms. The summed E-state index contributed by atoms with van der Waals surface area (Å²) in [5, 5.41) is 2.95. The molecule has 0 fully saturated rings. The van der Waals surface area contributed by atoms with Crippen LogP contribution in [0.25, 0.3) is 0 Å². The largest absolute Gasteiger partial charge is 0.431 e. The first-order valence-corrected chi connectivity index (χ1v) is 7.05.